The fourth-order valence-electron chi connectivity index (χ4n) is 4.48. The van der Waals surface area contributed by atoms with E-state index in [1.54, 1.807) is 16.7 Å². The number of fused-ring (bicyclic) bond motifs is 2. The Morgan fingerprint density at radius 3 is 2.83 bits per heavy atom. The highest BCUT2D eigenvalue weighted by Gasteiger charge is 2.31. The Morgan fingerprint density at radius 2 is 2.00 bits per heavy atom. The summed E-state index contributed by atoms with van der Waals surface area (Å²) < 4.78 is 0. The van der Waals surface area contributed by atoms with Crippen LogP contribution in [0.25, 0.3) is 5.57 Å². The molecule has 1 nitrogen and oxygen atoms in total. The maximum atomic E-state index is 4.42. The van der Waals surface area contributed by atoms with Crippen LogP contribution in [-0.2, 0) is 6.42 Å². The van der Waals surface area contributed by atoms with Crippen LogP contribution in [0.15, 0.2) is 65.4 Å². The molecule has 3 aliphatic rings. The minimum Gasteiger partial charge on any atom is -0.385 e. The molecule has 0 radical (unpaired) electrons. The van der Waals surface area contributed by atoms with E-state index in [0.29, 0.717) is 5.92 Å². The first-order chi connectivity index (χ1) is 11.8. The van der Waals surface area contributed by atoms with E-state index in [0.717, 1.165) is 25.8 Å². The number of hydrogen-bond donors (Lipinski definition) is 1. The molecule has 1 atom stereocenters. The monoisotopic (exact) mass is 317 g/mol. The van der Waals surface area contributed by atoms with Gasteiger partial charge in [-0.05, 0) is 60.8 Å². The van der Waals surface area contributed by atoms with Gasteiger partial charge >= 0.3 is 0 Å². The molecule has 4 rings (SSSR count). The molecule has 3 aliphatic carbocycles. The molecule has 1 N–H and O–H groups in total. The predicted octanol–water partition coefficient (Wildman–Crippen LogP) is 5.57. The zero-order chi connectivity index (χ0) is 16.5. The summed E-state index contributed by atoms with van der Waals surface area (Å²) in [5.41, 5.74) is 10.5. The first-order valence-electron chi connectivity index (χ1n) is 9.36. The van der Waals surface area contributed by atoms with E-state index >= 15 is 0 Å². The van der Waals surface area contributed by atoms with Crippen molar-refractivity contribution in [3.8, 4) is 0 Å². The van der Waals surface area contributed by atoms with Crippen LogP contribution in [0.2, 0.25) is 0 Å². The lowest BCUT2D eigenvalue weighted by Crippen LogP contribution is -2.24. The van der Waals surface area contributed by atoms with Crippen LogP contribution < -0.4 is 5.32 Å². The van der Waals surface area contributed by atoms with Crippen LogP contribution >= 0.6 is 0 Å². The van der Waals surface area contributed by atoms with E-state index in [1.165, 1.54) is 41.7 Å². The molecule has 0 saturated carbocycles. The average Bonchev–Trinajstić information content (AvgIpc) is 3.23. The first-order valence-corrected chi connectivity index (χ1v) is 9.36. The minimum absolute atomic E-state index is 0.484. The van der Waals surface area contributed by atoms with E-state index in [9.17, 15) is 0 Å². The molecule has 0 fully saturated rings. The number of benzene rings is 1. The molecule has 0 amide bonds. The summed E-state index contributed by atoms with van der Waals surface area (Å²) in [4.78, 5) is 0. The Hall–Kier alpha value is -2.02. The van der Waals surface area contributed by atoms with Crippen molar-refractivity contribution in [2.75, 3.05) is 6.54 Å². The molecular weight excluding hydrogens is 290 g/mol. The summed E-state index contributed by atoms with van der Waals surface area (Å²) in [6, 6.07) is 8.95. The maximum absolute atomic E-state index is 4.42. The van der Waals surface area contributed by atoms with Gasteiger partial charge in [0.25, 0.3) is 0 Å². The summed E-state index contributed by atoms with van der Waals surface area (Å²) in [6.45, 7) is 7.61. The van der Waals surface area contributed by atoms with Crippen LogP contribution in [0.1, 0.15) is 50.2 Å². The van der Waals surface area contributed by atoms with Crippen LogP contribution in [0.5, 0.6) is 0 Å². The molecule has 0 bridgehead atoms. The first kappa shape index (κ1) is 15.5. The lowest BCUT2D eigenvalue weighted by molar-refractivity contribution is 0.574. The summed E-state index contributed by atoms with van der Waals surface area (Å²) >= 11 is 0. The van der Waals surface area contributed by atoms with Gasteiger partial charge in [-0.25, -0.2) is 0 Å². The molecule has 0 spiro atoms. The van der Waals surface area contributed by atoms with Crippen molar-refractivity contribution in [3.05, 3.63) is 76.5 Å². The van der Waals surface area contributed by atoms with Crippen LogP contribution in [0, 0.1) is 5.92 Å². The molecule has 1 unspecified atom stereocenters. The topological polar surface area (TPSA) is 12.0 Å². The highest BCUT2D eigenvalue weighted by Crippen LogP contribution is 2.46. The van der Waals surface area contributed by atoms with Gasteiger partial charge in [0, 0.05) is 18.2 Å². The van der Waals surface area contributed by atoms with E-state index in [4.69, 9.17) is 0 Å². The zero-order valence-corrected chi connectivity index (χ0v) is 14.7. The SMILES string of the molecule is C=C(NCC1=CC=C(CC)C1)C1CCCC2=C1c1ccccc1C2. The van der Waals surface area contributed by atoms with Crippen LogP contribution in [0.4, 0.5) is 0 Å². The quantitative estimate of drug-likeness (QED) is 0.749. The van der Waals surface area contributed by atoms with Crippen molar-refractivity contribution in [2.24, 2.45) is 5.92 Å². The van der Waals surface area contributed by atoms with Gasteiger partial charge in [-0.2, -0.15) is 0 Å². The molecule has 1 heteroatoms. The van der Waals surface area contributed by atoms with Crippen molar-refractivity contribution in [3.63, 3.8) is 0 Å². The summed E-state index contributed by atoms with van der Waals surface area (Å²) in [6.07, 6.45) is 11.8. The molecule has 24 heavy (non-hydrogen) atoms. The number of nitrogens with one attached hydrogen (secondary N) is 1. The number of allylic oxidation sites excluding steroid dienone is 5. The lowest BCUT2D eigenvalue weighted by atomic mass is 9.80. The summed E-state index contributed by atoms with van der Waals surface area (Å²) in [5.74, 6) is 0.484. The lowest BCUT2D eigenvalue weighted by Gasteiger charge is -2.28. The Labute approximate surface area is 145 Å². The molecule has 0 aliphatic heterocycles. The molecule has 124 valence electrons. The van der Waals surface area contributed by atoms with E-state index in [2.05, 4.69) is 55.2 Å². The number of rotatable bonds is 5. The van der Waals surface area contributed by atoms with E-state index < -0.39 is 0 Å². The third-order valence-electron chi connectivity index (χ3n) is 5.84. The Bertz CT molecular complexity index is 760. The maximum Gasteiger partial charge on any atom is 0.0363 e. The average molecular weight is 317 g/mol. The Balaban J connectivity index is 1.46. The van der Waals surface area contributed by atoms with Gasteiger partial charge in [-0.15, -0.1) is 0 Å². The molecule has 1 aromatic rings. The molecule has 1 aromatic carbocycles. The van der Waals surface area contributed by atoms with Crippen LogP contribution in [-0.4, -0.2) is 6.54 Å². The molecular formula is C23H27N. The standard InChI is InChI=1S/C23H27N/c1-3-17-11-12-18(13-17)15-24-16(2)21-10-6-8-20-14-19-7-4-5-9-22(19)23(20)21/h4-5,7,9,11-12,21,24H,2-3,6,8,10,13-15H2,1H3. The third-order valence-corrected chi connectivity index (χ3v) is 5.84. The molecule has 0 saturated heterocycles. The van der Waals surface area contributed by atoms with Crippen molar-refractivity contribution in [1.29, 1.82) is 0 Å². The van der Waals surface area contributed by atoms with Gasteiger partial charge in [-0.1, -0.05) is 61.1 Å². The smallest absolute Gasteiger partial charge is 0.0363 e. The summed E-state index contributed by atoms with van der Waals surface area (Å²) in [5, 5.41) is 3.65. The van der Waals surface area contributed by atoms with E-state index in [1.807, 2.05) is 0 Å². The molecule has 0 aromatic heterocycles. The van der Waals surface area contributed by atoms with Gasteiger partial charge in [0.05, 0.1) is 0 Å². The van der Waals surface area contributed by atoms with Crippen molar-refractivity contribution < 1.29 is 0 Å². The zero-order valence-electron chi connectivity index (χ0n) is 14.7. The third kappa shape index (κ3) is 2.77. The van der Waals surface area contributed by atoms with Crippen molar-refractivity contribution >= 4 is 5.57 Å². The van der Waals surface area contributed by atoms with Crippen molar-refractivity contribution in [2.45, 2.75) is 45.4 Å². The van der Waals surface area contributed by atoms with Gasteiger partial charge in [0.2, 0.25) is 0 Å². The predicted molar refractivity (Wildman–Crippen MR) is 103 cm³/mol. The molecule has 0 heterocycles. The van der Waals surface area contributed by atoms with Crippen LogP contribution in [0.3, 0.4) is 0 Å². The van der Waals surface area contributed by atoms with Gasteiger partial charge in [0.1, 0.15) is 0 Å². The second kappa shape index (κ2) is 6.47. The van der Waals surface area contributed by atoms with Gasteiger partial charge in [-0.3, -0.25) is 0 Å². The highest BCUT2D eigenvalue weighted by atomic mass is 14.9. The van der Waals surface area contributed by atoms with E-state index in [-0.39, 0.29) is 0 Å². The fourth-order valence-corrected chi connectivity index (χ4v) is 4.48. The van der Waals surface area contributed by atoms with Gasteiger partial charge in [0.15, 0.2) is 0 Å². The largest absolute Gasteiger partial charge is 0.385 e. The summed E-state index contributed by atoms with van der Waals surface area (Å²) in [7, 11) is 0. The fraction of sp³-hybridized carbons (Fsp3) is 0.391. The minimum atomic E-state index is 0.484. The second-order valence-corrected chi connectivity index (χ2v) is 7.35. The Kier molecular flexibility index (Phi) is 4.18. The van der Waals surface area contributed by atoms with Gasteiger partial charge < -0.3 is 5.32 Å². The normalized spacial score (nSPS) is 22.0. The second-order valence-electron chi connectivity index (χ2n) is 7.35. The van der Waals surface area contributed by atoms with Crippen molar-refractivity contribution in [1.82, 2.24) is 5.32 Å². The highest BCUT2D eigenvalue weighted by molar-refractivity contribution is 5.80. The Morgan fingerprint density at radius 1 is 1.17 bits per heavy atom. The number of hydrogen-bond acceptors (Lipinski definition) is 1.